The van der Waals surface area contributed by atoms with Gasteiger partial charge in [0.1, 0.15) is 0 Å². The van der Waals surface area contributed by atoms with Crippen LogP contribution in [0.1, 0.15) is 463 Å². The predicted molar refractivity (Wildman–Crippen MR) is 371 cm³/mol. The highest BCUT2D eigenvalue weighted by atomic mass is 16.5. The summed E-state index contributed by atoms with van der Waals surface area (Å²) < 4.78 is 5.52. The molecular weight excluding hydrogens is 1030 g/mol. The molecule has 502 valence electrons. The molecule has 0 rings (SSSR count). The van der Waals surface area contributed by atoms with Crippen molar-refractivity contribution in [3.63, 3.8) is 0 Å². The van der Waals surface area contributed by atoms with Crippen LogP contribution in [-0.4, -0.2) is 47.4 Å². The van der Waals surface area contributed by atoms with Crippen LogP contribution >= 0.6 is 0 Å². The van der Waals surface area contributed by atoms with Crippen molar-refractivity contribution in [3.05, 3.63) is 0 Å². The molecule has 0 fully saturated rings. The molecule has 0 aromatic heterocycles. The second kappa shape index (κ2) is 74.3. The lowest BCUT2D eigenvalue weighted by molar-refractivity contribution is -0.143. The van der Waals surface area contributed by atoms with Crippen molar-refractivity contribution in [3.8, 4) is 0 Å². The fourth-order valence-corrected chi connectivity index (χ4v) is 12.9. The Balaban J connectivity index is 3.28. The van der Waals surface area contributed by atoms with Crippen LogP contribution in [0.4, 0.5) is 0 Å². The smallest absolute Gasteiger partial charge is 0.305 e. The van der Waals surface area contributed by atoms with Crippen LogP contribution in [0.2, 0.25) is 0 Å². The maximum absolute atomic E-state index is 12.5. The summed E-state index contributed by atoms with van der Waals surface area (Å²) in [5, 5.41) is 23.4. The number of ether oxygens (including phenoxy) is 1. The minimum absolute atomic E-state index is 0.0254. The molecular formula is C78H155NO5. The average molecular weight is 1190 g/mol. The van der Waals surface area contributed by atoms with E-state index in [4.69, 9.17) is 4.74 Å². The van der Waals surface area contributed by atoms with Gasteiger partial charge in [0.15, 0.2) is 0 Å². The van der Waals surface area contributed by atoms with Gasteiger partial charge < -0.3 is 20.3 Å². The Morgan fingerprint density at radius 3 is 0.726 bits per heavy atom. The molecule has 0 aliphatic carbocycles. The molecule has 6 heteroatoms. The minimum Gasteiger partial charge on any atom is -0.466 e. The van der Waals surface area contributed by atoms with Gasteiger partial charge in [-0.3, -0.25) is 9.59 Å². The number of nitrogens with one attached hydrogen (secondary N) is 1. The lowest BCUT2D eigenvalue weighted by Gasteiger charge is -2.22. The molecule has 0 aliphatic heterocycles. The van der Waals surface area contributed by atoms with E-state index < -0.39 is 12.1 Å². The van der Waals surface area contributed by atoms with Gasteiger partial charge >= 0.3 is 5.97 Å². The van der Waals surface area contributed by atoms with Crippen molar-refractivity contribution < 1.29 is 24.5 Å². The molecule has 0 aromatic rings. The highest BCUT2D eigenvalue weighted by Gasteiger charge is 2.20. The van der Waals surface area contributed by atoms with Gasteiger partial charge in [-0.15, -0.1) is 0 Å². The van der Waals surface area contributed by atoms with Crippen molar-refractivity contribution in [2.24, 2.45) is 0 Å². The standard InChI is InChI=1S/C78H155NO5/c1-3-5-7-9-11-13-15-17-19-39-44-48-52-56-60-64-68-72-78(83)84-73-69-65-61-57-53-49-45-41-38-36-34-32-30-28-26-24-22-20-21-23-25-27-29-31-33-35-37-40-43-47-51-55-59-63-67-71-77(82)79-75(74-80)76(81)70-66-62-58-54-50-46-42-18-16-14-12-10-8-6-4-2/h75-76,80-81H,3-74H2,1-2H3,(H,79,82). The van der Waals surface area contributed by atoms with E-state index in [1.807, 2.05) is 0 Å². The van der Waals surface area contributed by atoms with Gasteiger partial charge in [-0.2, -0.15) is 0 Å². The van der Waals surface area contributed by atoms with E-state index in [2.05, 4.69) is 19.2 Å². The van der Waals surface area contributed by atoms with Crippen molar-refractivity contribution in [1.29, 1.82) is 0 Å². The molecule has 0 heterocycles. The molecule has 0 aromatic carbocycles. The van der Waals surface area contributed by atoms with E-state index in [1.54, 1.807) is 0 Å². The van der Waals surface area contributed by atoms with Gasteiger partial charge in [0.05, 0.1) is 25.4 Å². The van der Waals surface area contributed by atoms with Gasteiger partial charge in [-0.1, -0.05) is 425 Å². The van der Waals surface area contributed by atoms with Crippen LogP contribution in [0.15, 0.2) is 0 Å². The largest absolute Gasteiger partial charge is 0.466 e. The third kappa shape index (κ3) is 70.0. The molecule has 6 nitrogen and oxygen atoms in total. The normalized spacial score (nSPS) is 12.4. The monoisotopic (exact) mass is 1190 g/mol. The van der Waals surface area contributed by atoms with Crippen LogP contribution in [0.25, 0.3) is 0 Å². The fraction of sp³-hybridized carbons (Fsp3) is 0.974. The van der Waals surface area contributed by atoms with Gasteiger partial charge in [0.25, 0.3) is 0 Å². The Kier molecular flexibility index (Phi) is 73.3. The van der Waals surface area contributed by atoms with Crippen molar-refractivity contribution >= 4 is 11.9 Å². The number of carbonyl (C=O) groups is 2. The summed E-state index contributed by atoms with van der Waals surface area (Å²) in [6, 6.07) is -0.536. The van der Waals surface area contributed by atoms with Gasteiger partial charge in [0, 0.05) is 12.8 Å². The summed E-state index contributed by atoms with van der Waals surface area (Å²) in [5.41, 5.74) is 0. The summed E-state index contributed by atoms with van der Waals surface area (Å²) in [4.78, 5) is 24.6. The number of aliphatic hydroxyl groups excluding tert-OH is 2. The van der Waals surface area contributed by atoms with Crippen molar-refractivity contribution in [2.75, 3.05) is 13.2 Å². The Labute approximate surface area is 527 Å². The molecule has 2 atom stereocenters. The molecule has 0 saturated heterocycles. The van der Waals surface area contributed by atoms with E-state index in [0.29, 0.717) is 25.9 Å². The van der Waals surface area contributed by atoms with Crippen molar-refractivity contribution in [2.45, 2.75) is 475 Å². The minimum atomic E-state index is -0.659. The zero-order chi connectivity index (χ0) is 60.6. The lowest BCUT2D eigenvalue weighted by Crippen LogP contribution is -2.45. The molecule has 0 radical (unpaired) electrons. The van der Waals surface area contributed by atoms with E-state index >= 15 is 0 Å². The number of rotatable bonds is 75. The first-order valence-corrected chi connectivity index (χ1v) is 39.3. The highest BCUT2D eigenvalue weighted by Crippen LogP contribution is 2.21. The summed E-state index contributed by atoms with van der Waals surface area (Å²) in [7, 11) is 0. The quantitative estimate of drug-likeness (QED) is 0.0417. The van der Waals surface area contributed by atoms with Crippen LogP contribution in [-0.2, 0) is 14.3 Å². The highest BCUT2D eigenvalue weighted by molar-refractivity contribution is 5.76. The first-order chi connectivity index (χ1) is 41.5. The Hall–Kier alpha value is -1.14. The van der Waals surface area contributed by atoms with E-state index in [0.717, 1.165) is 38.5 Å². The van der Waals surface area contributed by atoms with E-state index in [9.17, 15) is 19.8 Å². The van der Waals surface area contributed by atoms with Crippen LogP contribution < -0.4 is 5.32 Å². The van der Waals surface area contributed by atoms with Gasteiger partial charge in [0.2, 0.25) is 5.91 Å². The Morgan fingerprint density at radius 2 is 0.488 bits per heavy atom. The third-order valence-corrected chi connectivity index (χ3v) is 18.9. The zero-order valence-corrected chi connectivity index (χ0v) is 57.7. The molecule has 84 heavy (non-hydrogen) atoms. The Morgan fingerprint density at radius 1 is 0.286 bits per heavy atom. The fourth-order valence-electron chi connectivity index (χ4n) is 12.9. The average Bonchev–Trinajstić information content (AvgIpc) is 3.53. The molecule has 0 saturated carbocycles. The maximum atomic E-state index is 12.5. The number of hydrogen-bond donors (Lipinski definition) is 3. The molecule has 0 bridgehead atoms. The number of esters is 1. The summed E-state index contributed by atoms with van der Waals surface area (Å²) in [6.07, 6.45) is 92.0. The maximum Gasteiger partial charge on any atom is 0.305 e. The second-order valence-corrected chi connectivity index (χ2v) is 27.4. The first kappa shape index (κ1) is 82.9. The summed E-state index contributed by atoms with van der Waals surface area (Å²) in [6.45, 7) is 5.01. The number of aliphatic hydroxyl groups is 2. The Bertz CT molecular complexity index is 1230. The van der Waals surface area contributed by atoms with Gasteiger partial charge in [-0.05, 0) is 25.7 Å². The number of hydrogen-bond acceptors (Lipinski definition) is 5. The predicted octanol–water partition coefficient (Wildman–Crippen LogP) is 25.7. The number of unbranched alkanes of at least 4 members (excludes halogenated alkanes) is 64. The summed E-state index contributed by atoms with van der Waals surface area (Å²) >= 11 is 0. The van der Waals surface area contributed by atoms with Crippen LogP contribution in [0.3, 0.4) is 0 Å². The van der Waals surface area contributed by atoms with E-state index in [-0.39, 0.29) is 18.5 Å². The third-order valence-electron chi connectivity index (χ3n) is 18.9. The summed E-state index contributed by atoms with van der Waals surface area (Å²) in [5.74, 6) is 0.00254. The zero-order valence-electron chi connectivity index (χ0n) is 57.7. The molecule has 1 amide bonds. The number of carbonyl (C=O) groups excluding carboxylic acids is 2. The SMILES string of the molecule is CCCCCCCCCCCCCCCCCCCC(=O)OCCCCCCCCCCCCCCCCCCCCCCCCCCCCCCCCCCCCCC(=O)NC(CO)C(O)CCCCCCCCCCCCCCCCC. The molecule has 0 spiro atoms. The first-order valence-electron chi connectivity index (χ1n) is 39.3. The molecule has 3 N–H and O–H groups in total. The second-order valence-electron chi connectivity index (χ2n) is 27.4. The van der Waals surface area contributed by atoms with Gasteiger partial charge in [-0.25, -0.2) is 0 Å². The lowest BCUT2D eigenvalue weighted by atomic mass is 10.0. The molecule has 0 aliphatic rings. The number of amides is 1. The van der Waals surface area contributed by atoms with E-state index in [1.165, 1.54) is 392 Å². The molecule has 2 unspecified atom stereocenters. The topological polar surface area (TPSA) is 95.9 Å². The van der Waals surface area contributed by atoms with Crippen molar-refractivity contribution in [1.82, 2.24) is 5.32 Å². The van der Waals surface area contributed by atoms with Crippen LogP contribution in [0, 0.1) is 0 Å². The van der Waals surface area contributed by atoms with Crippen LogP contribution in [0.5, 0.6) is 0 Å².